The Labute approximate surface area is 98.7 Å². The Morgan fingerprint density at radius 3 is 2.82 bits per heavy atom. The quantitative estimate of drug-likeness (QED) is 0.603. The van der Waals surface area contributed by atoms with E-state index in [9.17, 15) is 9.18 Å². The second-order valence-corrected chi connectivity index (χ2v) is 3.23. The van der Waals surface area contributed by atoms with Crippen molar-refractivity contribution < 1.29 is 18.7 Å². The molecular formula is C11H15FN2O3. The first-order valence-corrected chi connectivity index (χ1v) is 5.11. The van der Waals surface area contributed by atoms with E-state index in [1.165, 1.54) is 13.2 Å². The van der Waals surface area contributed by atoms with Gasteiger partial charge in [-0.05, 0) is 6.92 Å². The average molecular weight is 242 g/mol. The molecule has 1 aromatic rings. The molecule has 0 aliphatic rings. The molecule has 0 atom stereocenters. The molecule has 0 bridgehead atoms. The largest absolute Gasteiger partial charge is 0.491 e. The average Bonchev–Trinajstić information content (AvgIpc) is 2.30. The van der Waals surface area contributed by atoms with E-state index in [-0.39, 0.29) is 18.0 Å². The summed E-state index contributed by atoms with van der Waals surface area (Å²) in [6.45, 7) is 2.05. The number of carbonyl (C=O) groups is 1. The van der Waals surface area contributed by atoms with Gasteiger partial charge in [0.25, 0.3) is 0 Å². The molecule has 0 saturated heterocycles. The fraction of sp³-hybridized carbons (Fsp3) is 0.364. The lowest BCUT2D eigenvalue weighted by atomic mass is 10.2. The maximum atomic E-state index is 13.4. The van der Waals surface area contributed by atoms with Gasteiger partial charge in [-0.3, -0.25) is 4.79 Å². The van der Waals surface area contributed by atoms with Crippen LogP contribution in [0, 0.1) is 5.82 Å². The fourth-order valence-corrected chi connectivity index (χ4v) is 1.23. The van der Waals surface area contributed by atoms with Crippen molar-refractivity contribution >= 4 is 17.3 Å². The summed E-state index contributed by atoms with van der Waals surface area (Å²) < 4.78 is 22.9. The number of nitrogen functional groups attached to an aromatic ring is 1. The number of anilines is 2. The van der Waals surface area contributed by atoms with Crippen molar-refractivity contribution in [2.24, 2.45) is 0 Å². The Kier molecular flexibility index (Phi) is 4.56. The van der Waals surface area contributed by atoms with Gasteiger partial charge >= 0.3 is 5.97 Å². The molecule has 1 aromatic carbocycles. The lowest BCUT2D eigenvalue weighted by molar-refractivity contribution is -0.138. The molecular weight excluding hydrogens is 227 g/mol. The number of halogens is 1. The Balaban J connectivity index is 2.83. The zero-order valence-corrected chi connectivity index (χ0v) is 9.75. The van der Waals surface area contributed by atoms with Crippen molar-refractivity contribution in [2.75, 3.05) is 31.3 Å². The number of esters is 1. The number of hydrogen-bond acceptors (Lipinski definition) is 5. The molecule has 0 fully saturated rings. The third kappa shape index (κ3) is 3.51. The number of hydrogen-bond donors (Lipinski definition) is 2. The van der Waals surface area contributed by atoms with Gasteiger partial charge in [-0.25, -0.2) is 4.39 Å². The summed E-state index contributed by atoms with van der Waals surface area (Å²) in [5, 5.41) is 2.74. The van der Waals surface area contributed by atoms with E-state index >= 15 is 0 Å². The van der Waals surface area contributed by atoms with Crippen LogP contribution in [0.15, 0.2) is 12.1 Å². The van der Waals surface area contributed by atoms with Crippen LogP contribution in [0.2, 0.25) is 0 Å². The predicted molar refractivity (Wildman–Crippen MR) is 62.5 cm³/mol. The zero-order valence-electron chi connectivity index (χ0n) is 9.75. The molecule has 0 radical (unpaired) electrons. The molecule has 3 N–H and O–H groups in total. The minimum Gasteiger partial charge on any atom is -0.491 e. The van der Waals surface area contributed by atoms with E-state index in [0.29, 0.717) is 12.3 Å². The van der Waals surface area contributed by atoms with E-state index in [1.54, 1.807) is 6.92 Å². The lowest BCUT2D eigenvalue weighted by Gasteiger charge is -2.11. The van der Waals surface area contributed by atoms with Crippen LogP contribution in [0.1, 0.15) is 6.92 Å². The smallest absolute Gasteiger partial charge is 0.325 e. The predicted octanol–water partition coefficient (Wildman–Crippen LogP) is 1.39. The molecule has 94 valence electrons. The van der Waals surface area contributed by atoms with E-state index in [4.69, 9.17) is 10.5 Å². The van der Waals surface area contributed by atoms with Gasteiger partial charge in [0.1, 0.15) is 6.54 Å². The highest BCUT2D eigenvalue weighted by Gasteiger charge is 2.09. The second-order valence-electron chi connectivity index (χ2n) is 3.23. The monoisotopic (exact) mass is 242 g/mol. The van der Waals surface area contributed by atoms with Gasteiger partial charge in [-0.1, -0.05) is 0 Å². The van der Waals surface area contributed by atoms with Crippen molar-refractivity contribution in [3.05, 3.63) is 17.9 Å². The van der Waals surface area contributed by atoms with Crippen LogP contribution in [0.5, 0.6) is 5.75 Å². The van der Waals surface area contributed by atoms with Crippen LogP contribution in [-0.2, 0) is 9.53 Å². The Hall–Kier alpha value is -1.98. The minimum atomic E-state index is -0.534. The topological polar surface area (TPSA) is 73.6 Å². The van der Waals surface area contributed by atoms with Crippen molar-refractivity contribution in [3.63, 3.8) is 0 Å². The summed E-state index contributed by atoms with van der Waals surface area (Å²) >= 11 is 0. The number of nitrogens with two attached hydrogens (primary N) is 1. The molecule has 0 aromatic heterocycles. The summed E-state index contributed by atoms with van der Waals surface area (Å²) in [6.07, 6.45) is 0. The Morgan fingerprint density at radius 2 is 2.24 bits per heavy atom. The highest BCUT2D eigenvalue weighted by molar-refractivity contribution is 5.78. The number of ether oxygens (including phenoxy) is 2. The van der Waals surface area contributed by atoms with Crippen LogP contribution in [0.25, 0.3) is 0 Å². The Bertz CT molecular complexity index is 410. The van der Waals surface area contributed by atoms with Crippen molar-refractivity contribution in [3.8, 4) is 5.75 Å². The van der Waals surface area contributed by atoms with E-state index in [0.717, 1.165) is 6.07 Å². The third-order valence-corrected chi connectivity index (χ3v) is 2.05. The molecule has 0 unspecified atom stereocenters. The maximum absolute atomic E-state index is 13.4. The summed E-state index contributed by atoms with van der Waals surface area (Å²) in [5.41, 5.74) is 6.24. The SMILES string of the molecule is CCOc1cc(NCC(=O)OC)c(N)cc1F. The van der Waals surface area contributed by atoms with Crippen molar-refractivity contribution in [1.82, 2.24) is 0 Å². The van der Waals surface area contributed by atoms with Gasteiger partial charge in [-0.2, -0.15) is 0 Å². The van der Waals surface area contributed by atoms with E-state index < -0.39 is 11.8 Å². The summed E-state index contributed by atoms with van der Waals surface area (Å²) in [7, 11) is 1.28. The molecule has 5 nitrogen and oxygen atoms in total. The molecule has 0 amide bonds. The molecule has 0 saturated carbocycles. The number of nitrogens with one attached hydrogen (secondary N) is 1. The highest BCUT2D eigenvalue weighted by Crippen LogP contribution is 2.28. The molecule has 17 heavy (non-hydrogen) atoms. The fourth-order valence-electron chi connectivity index (χ4n) is 1.23. The second kappa shape index (κ2) is 5.93. The van der Waals surface area contributed by atoms with Gasteiger partial charge in [0.05, 0.1) is 25.1 Å². The summed E-state index contributed by atoms with van der Waals surface area (Å²) in [5.74, 6) is -0.881. The van der Waals surface area contributed by atoms with Crippen molar-refractivity contribution in [1.29, 1.82) is 0 Å². The standard InChI is InChI=1S/C11H15FN2O3/c1-3-17-10-5-9(8(13)4-7(10)12)14-6-11(15)16-2/h4-5,14H,3,6,13H2,1-2H3. The van der Waals surface area contributed by atoms with Crippen LogP contribution in [0.3, 0.4) is 0 Å². The molecule has 0 spiro atoms. The van der Waals surface area contributed by atoms with E-state index in [1.807, 2.05) is 0 Å². The molecule has 0 heterocycles. The zero-order chi connectivity index (χ0) is 12.8. The summed E-state index contributed by atoms with van der Waals surface area (Å²) in [4.78, 5) is 10.9. The van der Waals surface area contributed by atoms with E-state index in [2.05, 4.69) is 10.1 Å². The first kappa shape index (κ1) is 13.1. The maximum Gasteiger partial charge on any atom is 0.325 e. The first-order chi connectivity index (χ1) is 8.08. The first-order valence-electron chi connectivity index (χ1n) is 5.11. The van der Waals surface area contributed by atoms with Crippen molar-refractivity contribution in [2.45, 2.75) is 6.92 Å². The minimum absolute atomic E-state index is 0.0438. The van der Waals surface area contributed by atoms with Gasteiger partial charge in [0.2, 0.25) is 0 Å². The number of benzene rings is 1. The normalized spacial score (nSPS) is 9.82. The third-order valence-electron chi connectivity index (χ3n) is 2.05. The highest BCUT2D eigenvalue weighted by atomic mass is 19.1. The molecule has 6 heteroatoms. The van der Waals surface area contributed by atoms with Gasteiger partial charge in [-0.15, -0.1) is 0 Å². The van der Waals surface area contributed by atoms with Gasteiger partial charge in [0, 0.05) is 12.1 Å². The number of carbonyl (C=O) groups excluding carboxylic acids is 1. The number of rotatable bonds is 5. The lowest BCUT2D eigenvalue weighted by Crippen LogP contribution is -2.16. The van der Waals surface area contributed by atoms with Crippen LogP contribution >= 0.6 is 0 Å². The molecule has 0 aliphatic heterocycles. The molecule has 1 rings (SSSR count). The van der Waals surface area contributed by atoms with Crippen LogP contribution in [0.4, 0.5) is 15.8 Å². The summed E-state index contributed by atoms with van der Waals surface area (Å²) in [6, 6.07) is 2.56. The van der Waals surface area contributed by atoms with Gasteiger partial charge < -0.3 is 20.5 Å². The van der Waals surface area contributed by atoms with Crippen LogP contribution in [-0.4, -0.2) is 26.2 Å². The Morgan fingerprint density at radius 1 is 1.53 bits per heavy atom. The molecule has 0 aliphatic carbocycles. The number of methoxy groups -OCH3 is 1. The van der Waals surface area contributed by atoms with Gasteiger partial charge in [0.15, 0.2) is 11.6 Å². The van der Waals surface area contributed by atoms with Crippen LogP contribution < -0.4 is 15.8 Å².